The monoisotopic (exact) mass is 248 g/mol. The summed E-state index contributed by atoms with van der Waals surface area (Å²) in [5.41, 5.74) is 0. The van der Waals surface area contributed by atoms with Crippen molar-refractivity contribution in [3.05, 3.63) is 23.7 Å². The molecule has 1 saturated carbocycles. The molecule has 0 radical (unpaired) electrons. The SMILES string of the molecule is CCNCc1ccc(CN2C(=O)C3CC3C2=O)o1. The van der Waals surface area contributed by atoms with Gasteiger partial charge in [-0.2, -0.15) is 0 Å². The van der Waals surface area contributed by atoms with Crippen LogP contribution in [0.2, 0.25) is 0 Å². The van der Waals surface area contributed by atoms with E-state index >= 15 is 0 Å². The number of likely N-dealkylation sites (tertiary alicyclic amines) is 1. The van der Waals surface area contributed by atoms with Crippen molar-refractivity contribution in [3.8, 4) is 0 Å². The largest absolute Gasteiger partial charge is 0.463 e. The summed E-state index contributed by atoms with van der Waals surface area (Å²) in [7, 11) is 0. The van der Waals surface area contributed by atoms with Crippen LogP contribution in [0.1, 0.15) is 24.9 Å². The first-order chi connectivity index (χ1) is 8.70. The average molecular weight is 248 g/mol. The number of furan rings is 1. The molecule has 96 valence electrons. The van der Waals surface area contributed by atoms with E-state index < -0.39 is 0 Å². The lowest BCUT2D eigenvalue weighted by Gasteiger charge is -2.14. The zero-order valence-corrected chi connectivity index (χ0v) is 10.3. The molecule has 1 N–H and O–H groups in total. The number of amides is 2. The molecule has 2 aliphatic rings. The van der Waals surface area contributed by atoms with Gasteiger partial charge < -0.3 is 9.73 Å². The van der Waals surface area contributed by atoms with Gasteiger partial charge in [-0.25, -0.2) is 0 Å². The van der Waals surface area contributed by atoms with Gasteiger partial charge in [-0.3, -0.25) is 14.5 Å². The minimum atomic E-state index is -0.0336. The molecule has 1 saturated heterocycles. The topological polar surface area (TPSA) is 62.6 Å². The molecule has 1 aromatic heterocycles. The van der Waals surface area contributed by atoms with E-state index in [0.717, 1.165) is 18.7 Å². The van der Waals surface area contributed by atoms with Crippen LogP contribution < -0.4 is 5.32 Å². The molecule has 2 unspecified atom stereocenters. The number of fused-ring (bicyclic) bond motifs is 1. The fourth-order valence-corrected chi connectivity index (χ4v) is 2.41. The van der Waals surface area contributed by atoms with Crippen molar-refractivity contribution in [2.24, 2.45) is 11.8 Å². The van der Waals surface area contributed by atoms with Crippen molar-refractivity contribution in [1.29, 1.82) is 0 Å². The Morgan fingerprint density at radius 2 is 1.94 bits per heavy atom. The minimum absolute atomic E-state index is 0.0327. The Bertz CT molecular complexity index is 474. The Balaban J connectivity index is 1.64. The van der Waals surface area contributed by atoms with Crippen LogP contribution in [-0.4, -0.2) is 23.3 Å². The molecule has 5 heteroatoms. The highest BCUT2D eigenvalue weighted by Gasteiger charge is 2.58. The van der Waals surface area contributed by atoms with Gasteiger partial charge in [-0.1, -0.05) is 6.92 Å². The third-order valence-corrected chi connectivity index (χ3v) is 3.54. The van der Waals surface area contributed by atoms with Crippen molar-refractivity contribution in [2.45, 2.75) is 26.4 Å². The smallest absolute Gasteiger partial charge is 0.233 e. The Morgan fingerprint density at radius 1 is 1.28 bits per heavy atom. The van der Waals surface area contributed by atoms with Crippen molar-refractivity contribution >= 4 is 11.8 Å². The normalized spacial score (nSPS) is 25.7. The summed E-state index contributed by atoms with van der Waals surface area (Å²) < 4.78 is 5.59. The van der Waals surface area contributed by atoms with Gasteiger partial charge in [0.25, 0.3) is 0 Å². The van der Waals surface area contributed by atoms with Gasteiger partial charge in [0.05, 0.1) is 24.9 Å². The maximum atomic E-state index is 11.8. The molecule has 2 heterocycles. The molecule has 1 aliphatic carbocycles. The maximum absolute atomic E-state index is 11.8. The number of carbonyl (C=O) groups excluding carboxylic acids is 2. The molecular formula is C13H16N2O3. The van der Waals surface area contributed by atoms with Crippen LogP contribution in [0.5, 0.6) is 0 Å². The van der Waals surface area contributed by atoms with Crippen molar-refractivity contribution in [1.82, 2.24) is 10.2 Å². The van der Waals surface area contributed by atoms with Crippen molar-refractivity contribution in [2.75, 3.05) is 6.54 Å². The third-order valence-electron chi connectivity index (χ3n) is 3.54. The second-order valence-corrected chi connectivity index (χ2v) is 4.86. The summed E-state index contributed by atoms with van der Waals surface area (Å²) in [5, 5.41) is 3.16. The zero-order valence-electron chi connectivity index (χ0n) is 10.3. The molecule has 2 fully saturated rings. The van der Waals surface area contributed by atoms with E-state index in [9.17, 15) is 9.59 Å². The van der Waals surface area contributed by atoms with E-state index in [-0.39, 0.29) is 30.2 Å². The van der Waals surface area contributed by atoms with Crippen LogP contribution >= 0.6 is 0 Å². The van der Waals surface area contributed by atoms with E-state index in [1.54, 1.807) is 0 Å². The second-order valence-electron chi connectivity index (χ2n) is 4.86. The second kappa shape index (κ2) is 4.24. The van der Waals surface area contributed by atoms with Gasteiger partial charge in [0.2, 0.25) is 11.8 Å². The van der Waals surface area contributed by atoms with Gasteiger partial charge in [-0.05, 0) is 25.1 Å². The van der Waals surface area contributed by atoms with Gasteiger partial charge in [-0.15, -0.1) is 0 Å². The Hall–Kier alpha value is -1.62. The molecule has 5 nitrogen and oxygen atoms in total. The standard InChI is InChI=1S/C13H16N2O3/c1-2-14-6-8-3-4-9(18-8)7-15-12(16)10-5-11(10)13(15)17/h3-4,10-11,14H,2,5-7H2,1H3. The number of hydrogen-bond donors (Lipinski definition) is 1. The molecular weight excluding hydrogens is 232 g/mol. The molecule has 2 amide bonds. The first-order valence-corrected chi connectivity index (χ1v) is 6.34. The lowest BCUT2D eigenvalue weighted by Crippen LogP contribution is -2.32. The first kappa shape index (κ1) is 11.5. The molecule has 0 bridgehead atoms. The van der Waals surface area contributed by atoms with Crippen LogP contribution in [0.4, 0.5) is 0 Å². The highest BCUT2D eigenvalue weighted by molar-refractivity contribution is 6.08. The first-order valence-electron chi connectivity index (χ1n) is 6.34. The van der Waals surface area contributed by atoms with E-state index in [4.69, 9.17) is 4.42 Å². The molecule has 18 heavy (non-hydrogen) atoms. The number of nitrogens with one attached hydrogen (secondary N) is 1. The lowest BCUT2D eigenvalue weighted by atomic mass is 10.3. The van der Waals surface area contributed by atoms with Gasteiger partial charge >= 0.3 is 0 Å². The van der Waals surface area contributed by atoms with Gasteiger partial charge in [0.1, 0.15) is 11.5 Å². The van der Waals surface area contributed by atoms with Gasteiger partial charge in [0.15, 0.2) is 0 Å². The summed E-state index contributed by atoms with van der Waals surface area (Å²) >= 11 is 0. The van der Waals surface area contributed by atoms with Crippen molar-refractivity contribution in [3.63, 3.8) is 0 Å². The molecule has 0 spiro atoms. The quantitative estimate of drug-likeness (QED) is 0.786. The number of piperidine rings is 1. The lowest BCUT2D eigenvalue weighted by molar-refractivity contribution is -0.142. The summed E-state index contributed by atoms with van der Waals surface area (Å²) in [6, 6.07) is 3.71. The third kappa shape index (κ3) is 1.84. The fraction of sp³-hybridized carbons (Fsp3) is 0.538. The molecule has 0 aromatic carbocycles. The van der Waals surface area contributed by atoms with Crippen LogP contribution in [0.3, 0.4) is 0 Å². The predicted molar refractivity (Wildman–Crippen MR) is 63.2 cm³/mol. The van der Waals surface area contributed by atoms with Crippen LogP contribution in [0.25, 0.3) is 0 Å². The van der Waals surface area contributed by atoms with Gasteiger partial charge in [0, 0.05) is 0 Å². The Labute approximate surface area is 105 Å². The molecule has 1 aliphatic heterocycles. The molecule has 3 rings (SSSR count). The van der Waals surface area contributed by atoms with E-state index in [1.165, 1.54) is 4.90 Å². The van der Waals surface area contributed by atoms with Crippen molar-refractivity contribution < 1.29 is 14.0 Å². The fourth-order valence-electron chi connectivity index (χ4n) is 2.41. The maximum Gasteiger partial charge on any atom is 0.233 e. The highest BCUT2D eigenvalue weighted by Crippen LogP contribution is 2.47. The summed E-state index contributed by atoms with van der Waals surface area (Å²) in [5.74, 6) is 1.37. The zero-order chi connectivity index (χ0) is 12.7. The number of carbonyl (C=O) groups is 2. The summed E-state index contributed by atoms with van der Waals surface area (Å²) in [6.07, 6.45) is 0.748. The number of imide groups is 1. The van der Waals surface area contributed by atoms with Crippen LogP contribution in [0, 0.1) is 11.8 Å². The average Bonchev–Trinajstić information content (AvgIpc) is 2.99. The van der Waals surface area contributed by atoms with E-state index in [2.05, 4.69) is 5.32 Å². The minimum Gasteiger partial charge on any atom is -0.463 e. The summed E-state index contributed by atoms with van der Waals surface area (Å²) in [6.45, 7) is 3.85. The molecule has 1 aromatic rings. The highest BCUT2D eigenvalue weighted by atomic mass is 16.3. The number of rotatable bonds is 5. The number of nitrogens with zero attached hydrogens (tertiary/aromatic N) is 1. The number of hydrogen-bond acceptors (Lipinski definition) is 4. The van der Waals surface area contributed by atoms with Crippen LogP contribution in [0.15, 0.2) is 16.5 Å². The van der Waals surface area contributed by atoms with Crippen LogP contribution in [-0.2, 0) is 22.7 Å². The molecule has 2 atom stereocenters. The van der Waals surface area contributed by atoms with E-state index in [0.29, 0.717) is 12.3 Å². The van der Waals surface area contributed by atoms with E-state index in [1.807, 2.05) is 19.1 Å². The summed E-state index contributed by atoms with van der Waals surface area (Å²) in [4.78, 5) is 24.9. The Morgan fingerprint density at radius 3 is 2.61 bits per heavy atom. The Kier molecular flexibility index (Phi) is 2.70. The predicted octanol–water partition coefficient (Wildman–Crippen LogP) is 0.894.